The molecule has 2 N–H and O–H groups in total. The number of piperidine rings is 1. The number of carbonyl (C=O) groups is 1. The number of rotatable bonds is 5. The number of allylic oxidation sites excluding steroid dienone is 1. The SMILES string of the molecule is O=C(NNC1=CC2(CCN(Cc3ccc(Cl)cc3)CC2)c2ccccc21)c1ccnc(Cl)c1. The number of aromatic nitrogens is 1. The average Bonchev–Trinajstić information content (AvgIpc) is 3.14. The van der Waals surface area contributed by atoms with E-state index in [2.05, 4.69) is 57.1 Å². The highest BCUT2D eigenvalue weighted by Crippen LogP contribution is 2.46. The van der Waals surface area contributed by atoms with Crippen molar-refractivity contribution in [3.63, 3.8) is 0 Å². The summed E-state index contributed by atoms with van der Waals surface area (Å²) in [6.45, 7) is 2.93. The first-order valence-electron chi connectivity index (χ1n) is 11.0. The number of benzene rings is 2. The molecule has 5 rings (SSSR count). The standard InChI is InChI=1S/C26H24Cl2N4O/c27-20-7-5-18(6-8-20)17-32-13-10-26(11-14-32)16-23(21-3-1-2-4-22(21)26)30-31-25(33)19-9-12-29-24(28)15-19/h1-9,12,15-16,30H,10-11,13-14,17H2,(H,31,33). The van der Waals surface area contributed by atoms with Crippen molar-refractivity contribution >= 4 is 34.8 Å². The maximum Gasteiger partial charge on any atom is 0.269 e. The van der Waals surface area contributed by atoms with E-state index >= 15 is 0 Å². The zero-order chi connectivity index (χ0) is 22.8. The third kappa shape index (κ3) is 4.62. The number of amides is 1. The molecule has 1 aliphatic carbocycles. The first-order valence-corrected chi connectivity index (χ1v) is 11.8. The first kappa shape index (κ1) is 22.0. The molecule has 1 fully saturated rings. The second kappa shape index (κ2) is 9.18. The van der Waals surface area contributed by atoms with Gasteiger partial charge in [-0.15, -0.1) is 0 Å². The summed E-state index contributed by atoms with van der Waals surface area (Å²) >= 11 is 11.9. The van der Waals surface area contributed by atoms with Gasteiger partial charge in [0, 0.05) is 34.3 Å². The van der Waals surface area contributed by atoms with Gasteiger partial charge in [-0.05, 0) is 67.4 Å². The molecule has 0 unspecified atom stereocenters. The Morgan fingerprint density at radius 3 is 2.55 bits per heavy atom. The van der Waals surface area contributed by atoms with Gasteiger partial charge in [-0.2, -0.15) is 0 Å². The molecular formula is C26H24Cl2N4O. The summed E-state index contributed by atoms with van der Waals surface area (Å²) in [6.07, 6.45) is 5.86. The van der Waals surface area contributed by atoms with E-state index < -0.39 is 0 Å². The molecule has 2 aromatic carbocycles. The third-order valence-electron chi connectivity index (χ3n) is 6.54. The highest BCUT2D eigenvalue weighted by atomic mass is 35.5. The lowest BCUT2D eigenvalue weighted by Gasteiger charge is -2.39. The molecule has 1 aliphatic heterocycles. The smallest absolute Gasteiger partial charge is 0.269 e. The lowest BCUT2D eigenvalue weighted by Crippen LogP contribution is -2.40. The largest absolute Gasteiger partial charge is 0.299 e. The van der Waals surface area contributed by atoms with Crippen LogP contribution in [0.5, 0.6) is 0 Å². The second-order valence-electron chi connectivity index (χ2n) is 8.61. The lowest BCUT2D eigenvalue weighted by molar-refractivity contribution is 0.0942. The maximum atomic E-state index is 12.6. The molecule has 5 nitrogen and oxygen atoms in total. The minimum Gasteiger partial charge on any atom is -0.299 e. The minimum atomic E-state index is -0.253. The molecule has 2 aliphatic rings. The Balaban J connectivity index is 1.29. The molecule has 0 bridgehead atoms. The van der Waals surface area contributed by atoms with Crippen LogP contribution < -0.4 is 10.9 Å². The Hall–Kier alpha value is -2.86. The zero-order valence-electron chi connectivity index (χ0n) is 18.0. The number of hydrogen-bond donors (Lipinski definition) is 2. The van der Waals surface area contributed by atoms with Crippen molar-refractivity contribution in [3.05, 3.63) is 105 Å². The number of fused-ring (bicyclic) bond motifs is 2. The Kier molecular flexibility index (Phi) is 6.11. The van der Waals surface area contributed by atoms with Crippen molar-refractivity contribution in [1.82, 2.24) is 20.7 Å². The Bertz CT molecular complexity index is 1200. The molecule has 2 heterocycles. The van der Waals surface area contributed by atoms with Crippen LogP contribution in [-0.2, 0) is 12.0 Å². The fraction of sp³-hybridized carbons (Fsp3) is 0.231. The molecule has 0 radical (unpaired) electrons. The minimum absolute atomic E-state index is 0.0277. The molecule has 33 heavy (non-hydrogen) atoms. The average molecular weight is 479 g/mol. The maximum absolute atomic E-state index is 12.6. The van der Waals surface area contributed by atoms with Gasteiger partial charge in [-0.1, -0.05) is 59.6 Å². The molecule has 3 aromatic rings. The molecule has 1 amide bonds. The molecule has 1 saturated heterocycles. The summed E-state index contributed by atoms with van der Waals surface area (Å²) in [5, 5.41) is 1.06. The number of halogens is 2. The topological polar surface area (TPSA) is 57.3 Å². The Labute approximate surface area is 203 Å². The van der Waals surface area contributed by atoms with Crippen molar-refractivity contribution in [3.8, 4) is 0 Å². The van der Waals surface area contributed by atoms with E-state index in [1.165, 1.54) is 17.3 Å². The molecule has 168 valence electrons. The predicted molar refractivity (Wildman–Crippen MR) is 132 cm³/mol. The molecule has 1 aromatic heterocycles. The highest BCUT2D eigenvalue weighted by Gasteiger charge is 2.40. The number of hydrogen-bond acceptors (Lipinski definition) is 4. The van der Waals surface area contributed by atoms with Crippen molar-refractivity contribution < 1.29 is 4.79 Å². The van der Waals surface area contributed by atoms with E-state index in [1.54, 1.807) is 12.1 Å². The number of likely N-dealkylation sites (tertiary alicyclic amines) is 1. The van der Waals surface area contributed by atoms with Crippen LogP contribution in [0.4, 0.5) is 0 Å². The molecule has 1 spiro atoms. The Morgan fingerprint density at radius 1 is 1.03 bits per heavy atom. The van der Waals surface area contributed by atoms with Crippen LogP contribution in [0.25, 0.3) is 5.70 Å². The van der Waals surface area contributed by atoms with Gasteiger partial charge in [0.05, 0.1) is 5.70 Å². The van der Waals surface area contributed by atoms with E-state index in [4.69, 9.17) is 23.2 Å². The summed E-state index contributed by atoms with van der Waals surface area (Å²) in [5.74, 6) is -0.253. The second-order valence-corrected chi connectivity index (χ2v) is 9.43. The number of carbonyl (C=O) groups excluding carboxylic acids is 1. The van der Waals surface area contributed by atoms with Gasteiger partial charge in [0.2, 0.25) is 0 Å². The monoisotopic (exact) mass is 478 g/mol. The summed E-state index contributed by atoms with van der Waals surface area (Å²) in [7, 11) is 0. The van der Waals surface area contributed by atoms with Gasteiger partial charge < -0.3 is 0 Å². The molecule has 0 saturated carbocycles. The van der Waals surface area contributed by atoms with Crippen molar-refractivity contribution in [2.45, 2.75) is 24.8 Å². The van der Waals surface area contributed by atoms with Gasteiger partial charge in [0.1, 0.15) is 5.15 Å². The van der Waals surface area contributed by atoms with Crippen molar-refractivity contribution in [2.75, 3.05) is 13.1 Å². The first-order chi connectivity index (χ1) is 16.0. The van der Waals surface area contributed by atoms with Crippen LogP contribution in [0.15, 0.2) is 72.9 Å². The fourth-order valence-electron chi connectivity index (χ4n) is 4.80. The van der Waals surface area contributed by atoms with Crippen LogP contribution >= 0.6 is 23.2 Å². The molecule has 0 atom stereocenters. The van der Waals surface area contributed by atoms with Crippen LogP contribution in [0.1, 0.15) is 39.9 Å². The van der Waals surface area contributed by atoms with E-state index in [9.17, 15) is 4.79 Å². The summed E-state index contributed by atoms with van der Waals surface area (Å²) in [4.78, 5) is 19.0. The number of hydrazine groups is 1. The van der Waals surface area contributed by atoms with Gasteiger partial charge in [-0.25, -0.2) is 4.98 Å². The fourth-order valence-corrected chi connectivity index (χ4v) is 5.10. The zero-order valence-corrected chi connectivity index (χ0v) is 19.5. The predicted octanol–water partition coefficient (Wildman–Crippen LogP) is 5.21. The van der Waals surface area contributed by atoms with Gasteiger partial charge in [-0.3, -0.25) is 20.5 Å². The lowest BCUT2D eigenvalue weighted by atomic mass is 9.74. The highest BCUT2D eigenvalue weighted by molar-refractivity contribution is 6.30. The van der Waals surface area contributed by atoms with Gasteiger partial charge in [0.25, 0.3) is 5.91 Å². The summed E-state index contributed by atoms with van der Waals surface area (Å²) in [6, 6.07) is 19.7. The summed E-state index contributed by atoms with van der Waals surface area (Å²) in [5.41, 5.74) is 11.1. The molecule has 7 heteroatoms. The normalized spacial score (nSPS) is 16.8. The van der Waals surface area contributed by atoms with Crippen LogP contribution in [0.3, 0.4) is 0 Å². The Morgan fingerprint density at radius 2 is 1.79 bits per heavy atom. The van der Waals surface area contributed by atoms with Crippen molar-refractivity contribution in [2.24, 2.45) is 0 Å². The van der Waals surface area contributed by atoms with E-state index in [0.717, 1.165) is 48.8 Å². The van der Waals surface area contributed by atoms with Crippen LogP contribution in [-0.4, -0.2) is 28.9 Å². The van der Waals surface area contributed by atoms with E-state index in [0.29, 0.717) is 5.56 Å². The van der Waals surface area contributed by atoms with E-state index in [1.807, 2.05) is 18.2 Å². The third-order valence-corrected chi connectivity index (χ3v) is 7.00. The summed E-state index contributed by atoms with van der Waals surface area (Å²) < 4.78 is 0. The van der Waals surface area contributed by atoms with Crippen molar-refractivity contribution in [1.29, 1.82) is 0 Å². The quantitative estimate of drug-likeness (QED) is 0.390. The number of nitrogens with zero attached hydrogens (tertiary/aromatic N) is 2. The van der Waals surface area contributed by atoms with Crippen LogP contribution in [0.2, 0.25) is 10.2 Å². The molecular weight excluding hydrogens is 455 g/mol. The number of pyridine rings is 1. The number of nitrogens with one attached hydrogen (secondary N) is 2. The van der Waals surface area contributed by atoms with Crippen LogP contribution in [0, 0.1) is 0 Å². The van der Waals surface area contributed by atoms with Gasteiger partial charge in [0.15, 0.2) is 0 Å². The van der Waals surface area contributed by atoms with Gasteiger partial charge >= 0.3 is 0 Å². The van der Waals surface area contributed by atoms with E-state index in [-0.39, 0.29) is 16.5 Å².